The van der Waals surface area contributed by atoms with E-state index in [0.29, 0.717) is 6.54 Å². The molecule has 7 nitrogen and oxygen atoms in total. The van der Waals surface area contributed by atoms with E-state index in [1.165, 1.54) is 0 Å². The van der Waals surface area contributed by atoms with Crippen LogP contribution in [-0.2, 0) is 14.3 Å². The van der Waals surface area contributed by atoms with Crippen LogP contribution in [0.4, 0.5) is 4.79 Å². The number of nitrogens with zero attached hydrogens (tertiary/aromatic N) is 1. The second kappa shape index (κ2) is 13.0. The van der Waals surface area contributed by atoms with Crippen molar-refractivity contribution in [1.29, 1.82) is 0 Å². The molecule has 1 aromatic carbocycles. The molecule has 0 spiro atoms. The molecule has 1 aromatic rings. The highest BCUT2D eigenvalue weighted by molar-refractivity contribution is 7.80. The van der Waals surface area contributed by atoms with Crippen molar-refractivity contribution in [3.8, 4) is 0 Å². The second-order valence-electron chi connectivity index (χ2n) is 10.6. The summed E-state index contributed by atoms with van der Waals surface area (Å²) in [4.78, 5) is 41.4. The number of carbonyl (C=O) groups excluding carboxylic acids is 3. The molecule has 34 heavy (non-hydrogen) atoms. The number of rotatable bonds is 10. The lowest BCUT2D eigenvalue weighted by atomic mass is 9.96. The highest BCUT2D eigenvalue weighted by Crippen LogP contribution is 2.27. The Balaban J connectivity index is 3.42. The van der Waals surface area contributed by atoms with Gasteiger partial charge >= 0.3 is 6.09 Å². The molecule has 3 amide bonds. The van der Waals surface area contributed by atoms with E-state index in [9.17, 15) is 14.4 Å². The van der Waals surface area contributed by atoms with Gasteiger partial charge in [-0.2, -0.15) is 12.6 Å². The second-order valence-corrected chi connectivity index (χ2v) is 11.0. The maximum atomic E-state index is 13.8. The predicted molar refractivity (Wildman–Crippen MR) is 140 cm³/mol. The van der Waals surface area contributed by atoms with Gasteiger partial charge in [-0.3, -0.25) is 9.59 Å². The number of benzene rings is 1. The number of amides is 3. The molecule has 0 fully saturated rings. The number of hydrogen-bond acceptors (Lipinski definition) is 5. The zero-order chi connectivity index (χ0) is 26.1. The zero-order valence-electron chi connectivity index (χ0n) is 22.0. The van der Waals surface area contributed by atoms with Gasteiger partial charge in [0.25, 0.3) is 0 Å². The van der Waals surface area contributed by atoms with Crippen LogP contribution in [0.1, 0.15) is 84.9 Å². The van der Waals surface area contributed by atoms with E-state index >= 15 is 0 Å². The average molecular weight is 494 g/mol. The van der Waals surface area contributed by atoms with Crippen molar-refractivity contribution >= 4 is 30.5 Å². The average Bonchev–Trinajstić information content (AvgIpc) is 2.69. The van der Waals surface area contributed by atoms with Crippen molar-refractivity contribution in [3.05, 3.63) is 35.4 Å². The summed E-state index contributed by atoms with van der Waals surface area (Å²) in [6.45, 7) is 15.4. The Bertz CT molecular complexity index is 830. The van der Waals surface area contributed by atoms with Gasteiger partial charge in [0.05, 0.1) is 0 Å². The molecular formula is C26H43N3O4S. The third-order valence-electron chi connectivity index (χ3n) is 5.00. The number of aryl methyl sites for hydroxylation is 1. The fraction of sp³-hybridized carbons (Fsp3) is 0.654. The van der Waals surface area contributed by atoms with Crippen LogP contribution in [0.3, 0.4) is 0 Å². The first-order valence-electron chi connectivity index (χ1n) is 12.0. The maximum Gasteiger partial charge on any atom is 0.408 e. The first kappa shape index (κ1) is 29.8. The molecule has 0 saturated heterocycles. The van der Waals surface area contributed by atoms with Gasteiger partial charge in [0.2, 0.25) is 11.8 Å². The summed E-state index contributed by atoms with van der Waals surface area (Å²) in [6.07, 6.45) is 1.92. The first-order valence-corrected chi connectivity index (χ1v) is 12.6. The third-order valence-corrected chi connectivity index (χ3v) is 5.36. The van der Waals surface area contributed by atoms with Crippen LogP contribution in [0.15, 0.2) is 24.3 Å². The van der Waals surface area contributed by atoms with E-state index in [4.69, 9.17) is 4.74 Å². The van der Waals surface area contributed by atoms with Crippen molar-refractivity contribution in [2.45, 2.75) is 97.9 Å². The van der Waals surface area contributed by atoms with E-state index in [1.807, 2.05) is 52.0 Å². The summed E-state index contributed by atoms with van der Waals surface area (Å²) in [5, 5.41) is 5.68. The molecule has 2 atom stereocenters. The maximum absolute atomic E-state index is 13.8. The van der Waals surface area contributed by atoms with Crippen LogP contribution in [0.2, 0.25) is 0 Å². The minimum atomic E-state index is -0.936. The fourth-order valence-corrected chi connectivity index (χ4v) is 3.76. The number of hydrogen-bond donors (Lipinski definition) is 3. The largest absolute Gasteiger partial charge is 0.444 e. The number of thiol groups is 1. The van der Waals surface area contributed by atoms with Crippen molar-refractivity contribution < 1.29 is 19.1 Å². The molecule has 0 aromatic heterocycles. The van der Waals surface area contributed by atoms with Crippen molar-refractivity contribution in [3.63, 3.8) is 0 Å². The summed E-state index contributed by atoms with van der Waals surface area (Å²) < 4.78 is 5.34. The highest BCUT2D eigenvalue weighted by atomic mass is 32.1. The molecule has 2 N–H and O–H groups in total. The number of ether oxygens (including phenoxy) is 1. The highest BCUT2D eigenvalue weighted by Gasteiger charge is 2.37. The Labute approximate surface area is 210 Å². The van der Waals surface area contributed by atoms with Gasteiger partial charge in [-0.25, -0.2) is 4.79 Å². The number of unbranched alkanes of at least 4 members (excludes halogenated alkanes) is 2. The molecule has 8 heteroatoms. The third kappa shape index (κ3) is 9.95. The molecule has 0 saturated carbocycles. The molecule has 0 radical (unpaired) electrons. The van der Waals surface area contributed by atoms with Gasteiger partial charge in [-0.05, 0) is 66.0 Å². The van der Waals surface area contributed by atoms with Crippen LogP contribution < -0.4 is 10.6 Å². The van der Waals surface area contributed by atoms with E-state index < -0.39 is 29.3 Å². The molecule has 0 bridgehead atoms. The predicted octanol–water partition coefficient (Wildman–Crippen LogP) is 4.79. The Morgan fingerprint density at radius 1 is 1.06 bits per heavy atom. The summed E-state index contributed by atoms with van der Waals surface area (Å²) in [7, 11) is 0. The quantitative estimate of drug-likeness (QED) is 0.323. The van der Waals surface area contributed by atoms with Crippen molar-refractivity contribution in [2.75, 3.05) is 12.3 Å². The smallest absolute Gasteiger partial charge is 0.408 e. The minimum Gasteiger partial charge on any atom is -0.444 e. The van der Waals surface area contributed by atoms with E-state index in [0.717, 1.165) is 30.4 Å². The minimum absolute atomic E-state index is 0.0732. The molecule has 192 valence electrons. The summed E-state index contributed by atoms with van der Waals surface area (Å²) in [5.41, 5.74) is 0.482. The molecular weight excluding hydrogens is 450 g/mol. The van der Waals surface area contributed by atoms with Crippen LogP contribution in [0, 0.1) is 6.92 Å². The first-order chi connectivity index (χ1) is 15.7. The fourth-order valence-electron chi connectivity index (χ4n) is 3.52. The monoisotopic (exact) mass is 493 g/mol. The zero-order valence-corrected chi connectivity index (χ0v) is 22.9. The van der Waals surface area contributed by atoms with E-state index in [-0.39, 0.29) is 17.6 Å². The Morgan fingerprint density at radius 3 is 2.18 bits per heavy atom. The number of carbonyl (C=O) groups is 3. The Morgan fingerprint density at radius 2 is 1.68 bits per heavy atom. The van der Waals surface area contributed by atoms with Gasteiger partial charge in [-0.15, -0.1) is 0 Å². The molecule has 2 unspecified atom stereocenters. The lowest BCUT2D eigenvalue weighted by Gasteiger charge is -2.36. The van der Waals surface area contributed by atoms with E-state index in [2.05, 4.69) is 30.2 Å². The van der Waals surface area contributed by atoms with Gasteiger partial charge in [-0.1, -0.05) is 44.0 Å². The van der Waals surface area contributed by atoms with Crippen LogP contribution in [-0.4, -0.2) is 52.3 Å². The van der Waals surface area contributed by atoms with Gasteiger partial charge < -0.3 is 20.3 Å². The van der Waals surface area contributed by atoms with Crippen LogP contribution >= 0.6 is 12.6 Å². The number of alkyl carbamates (subject to hydrolysis) is 1. The molecule has 0 aliphatic heterocycles. The molecule has 0 heterocycles. The van der Waals surface area contributed by atoms with Gasteiger partial charge in [0, 0.05) is 17.8 Å². The molecule has 0 aliphatic rings. The summed E-state index contributed by atoms with van der Waals surface area (Å²) in [5.74, 6) is -0.555. The van der Waals surface area contributed by atoms with E-state index in [1.54, 1.807) is 25.7 Å². The van der Waals surface area contributed by atoms with Gasteiger partial charge in [0.15, 0.2) is 0 Å². The Hall–Kier alpha value is -2.22. The van der Waals surface area contributed by atoms with Crippen molar-refractivity contribution in [2.24, 2.45) is 0 Å². The Kier molecular flexibility index (Phi) is 11.4. The van der Waals surface area contributed by atoms with Crippen molar-refractivity contribution in [1.82, 2.24) is 15.5 Å². The normalized spacial score (nSPS) is 13.6. The standard InChI is InChI=1S/C26H43N3O4S/c1-9-10-13-16-29(23(31)20(17-34)27-24(32)33-26(6,7)8)21(22(30)28-25(3,4)5)19-15-12-11-14-18(19)2/h11-12,14-15,20-21,34H,9-10,13,16-17H2,1-8H3,(H,27,32)(H,28,30). The summed E-state index contributed by atoms with van der Waals surface area (Å²) >= 11 is 4.32. The lowest BCUT2D eigenvalue weighted by molar-refractivity contribution is -0.142. The molecule has 1 rings (SSSR count). The topological polar surface area (TPSA) is 87.7 Å². The van der Waals surface area contributed by atoms with Crippen LogP contribution in [0.5, 0.6) is 0 Å². The lowest BCUT2D eigenvalue weighted by Crippen LogP contribution is -2.55. The summed E-state index contributed by atoms with van der Waals surface area (Å²) in [6, 6.07) is 5.79. The van der Waals surface area contributed by atoms with Crippen LogP contribution in [0.25, 0.3) is 0 Å². The molecule has 0 aliphatic carbocycles. The SMILES string of the molecule is CCCCCN(C(=O)C(CS)NC(=O)OC(C)(C)C)C(C(=O)NC(C)(C)C)c1ccccc1C. The number of nitrogens with one attached hydrogen (secondary N) is 2. The van der Waals surface area contributed by atoms with Gasteiger partial charge in [0.1, 0.15) is 17.7 Å².